The van der Waals surface area contributed by atoms with Crippen LogP contribution < -0.4 is 10.6 Å². The molecule has 0 radical (unpaired) electrons. The van der Waals surface area contributed by atoms with Crippen LogP contribution >= 0.6 is 0 Å². The summed E-state index contributed by atoms with van der Waals surface area (Å²) in [6, 6.07) is 13.5. The summed E-state index contributed by atoms with van der Waals surface area (Å²) in [5, 5.41) is 14.1. The first-order valence-corrected chi connectivity index (χ1v) is 8.32. The fourth-order valence-electron chi connectivity index (χ4n) is 2.63. The van der Waals surface area contributed by atoms with Gasteiger partial charge in [-0.1, -0.05) is 30.3 Å². The molecule has 2 N–H and O–H groups in total. The highest BCUT2D eigenvalue weighted by atomic mass is 16.5. The van der Waals surface area contributed by atoms with E-state index in [1.54, 1.807) is 12.1 Å². The molecule has 0 spiro atoms. The van der Waals surface area contributed by atoms with Crippen molar-refractivity contribution in [2.75, 3.05) is 25.0 Å². The molecule has 24 heavy (non-hydrogen) atoms. The monoisotopic (exact) mass is 326 g/mol. The quantitative estimate of drug-likeness (QED) is 0.814. The lowest BCUT2D eigenvalue weighted by molar-refractivity contribution is 0.0948. The number of nitrogens with zero attached hydrogens (tertiary/aromatic N) is 2. The highest BCUT2D eigenvalue weighted by Crippen LogP contribution is 2.12. The normalized spacial score (nSPS) is 16.8. The van der Waals surface area contributed by atoms with Crippen LogP contribution in [0.2, 0.25) is 0 Å². The Bertz CT molecular complexity index is 640. The predicted molar refractivity (Wildman–Crippen MR) is 92.0 cm³/mol. The van der Waals surface area contributed by atoms with Gasteiger partial charge in [0.05, 0.1) is 6.10 Å². The molecule has 0 saturated carbocycles. The Hall–Kier alpha value is -2.47. The Morgan fingerprint density at radius 2 is 2.04 bits per heavy atom. The van der Waals surface area contributed by atoms with Crippen LogP contribution in [0.4, 0.5) is 5.82 Å². The lowest BCUT2D eigenvalue weighted by Crippen LogP contribution is -2.27. The van der Waals surface area contributed by atoms with E-state index < -0.39 is 0 Å². The maximum atomic E-state index is 12.1. The van der Waals surface area contributed by atoms with Gasteiger partial charge in [-0.3, -0.25) is 4.79 Å². The Labute approximate surface area is 141 Å². The van der Waals surface area contributed by atoms with Gasteiger partial charge in [0, 0.05) is 19.7 Å². The number of hydrogen-bond donors (Lipinski definition) is 2. The van der Waals surface area contributed by atoms with Gasteiger partial charge >= 0.3 is 0 Å². The van der Waals surface area contributed by atoms with E-state index in [0.717, 1.165) is 32.4 Å². The second kappa shape index (κ2) is 8.40. The molecule has 126 valence electrons. The summed E-state index contributed by atoms with van der Waals surface area (Å²) >= 11 is 0. The maximum absolute atomic E-state index is 12.1. The number of ether oxygens (including phenoxy) is 1. The Kier molecular flexibility index (Phi) is 5.74. The molecule has 1 fully saturated rings. The summed E-state index contributed by atoms with van der Waals surface area (Å²) in [6.07, 6.45) is 3.22. The minimum atomic E-state index is -0.205. The van der Waals surface area contributed by atoms with Gasteiger partial charge in [-0.2, -0.15) is 0 Å². The Morgan fingerprint density at radius 1 is 1.17 bits per heavy atom. The molecule has 6 heteroatoms. The third-order valence-corrected chi connectivity index (χ3v) is 3.97. The molecule has 0 bridgehead atoms. The summed E-state index contributed by atoms with van der Waals surface area (Å²) in [5.74, 6) is 0.454. The van der Waals surface area contributed by atoms with Crippen molar-refractivity contribution in [1.29, 1.82) is 0 Å². The molecule has 1 aromatic carbocycles. The topological polar surface area (TPSA) is 76.1 Å². The highest BCUT2D eigenvalue weighted by molar-refractivity contribution is 5.92. The number of amides is 1. The molecule has 0 aliphatic carbocycles. The number of carbonyl (C=O) groups excluding carboxylic acids is 1. The largest absolute Gasteiger partial charge is 0.376 e. The fraction of sp³-hybridized carbons (Fsp3) is 0.389. The molecule has 2 aromatic rings. The standard InChI is InChI=1S/C18H22N4O2/c23-18(19-11-10-14-5-2-1-3-6-14)16-8-9-17(22-21-16)20-13-15-7-4-12-24-15/h1-3,5-6,8-9,15H,4,7,10-13H2,(H,19,23)(H,20,22). The molecule has 1 saturated heterocycles. The van der Waals surface area contributed by atoms with Crippen molar-refractivity contribution in [1.82, 2.24) is 15.5 Å². The van der Waals surface area contributed by atoms with Crippen LogP contribution in [0, 0.1) is 0 Å². The van der Waals surface area contributed by atoms with Gasteiger partial charge in [0.2, 0.25) is 0 Å². The zero-order chi connectivity index (χ0) is 16.6. The minimum absolute atomic E-state index is 0.205. The lowest BCUT2D eigenvalue weighted by atomic mass is 10.1. The van der Waals surface area contributed by atoms with Gasteiger partial charge in [0.25, 0.3) is 5.91 Å². The van der Waals surface area contributed by atoms with Crippen molar-refractivity contribution < 1.29 is 9.53 Å². The third kappa shape index (κ3) is 4.76. The number of anilines is 1. The smallest absolute Gasteiger partial charge is 0.271 e. The SMILES string of the molecule is O=C(NCCc1ccccc1)c1ccc(NCC2CCCO2)nn1. The zero-order valence-electron chi connectivity index (χ0n) is 13.6. The summed E-state index contributed by atoms with van der Waals surface area (Å²) in [4.78, 5) is 12.1. The molecule has 1 atom stereocenters. The molecule has 1 aliphatic heterocycles. The molecule has 2 heterocycles. The lowest BCUT2D eigenvalue weighted by Gasteiger charge is -2.10. The molecule has 1 aromatic heterocycles. The van der Waals surface area contributed by atoms with Crippen molar-refractivity contribution in [3.63, 3.8) is 0 Å². The van der Waals surface area contributed by atoms with E-state index in [-0.39, 0.29) is 12.0 Å². The van der Waals surface area contributed by atoms with Gasteiger partial charge in [0.15, 0.2) is 5.69 Å². The summed E-state index contributed by atoms with van der Waals surface area (Å²) in [5.41, 5.74) is 1.52. The number of aromatic nitrogens is 2. The van der Waals surface area contributed by atoms with Crippen LogP contribution in [0.25, 0.3) is 0 Å². The number of carbonyl (C=O) groups is 1. The van der Waals surface area contributed by atoms with Crippen molar-refractivity contribution in [2.24, 2.45) is 0 Å². The van der Waals surface area contributed by atoms with Gasteiger partial charge in [-0.15, -0.1) is 10.2 Å². The third-order valence-electron chi connectivity index (χ3n) is 3.97. The summed E-state index contributed by atoms with van der Waals surface area (Å²) < 4.78 is 5.54. The van der Waals surface area contributed by atoms with Crippen molar-refractivity contribution in [3.8, 4) is 0 Å². The van der Waals surface area contributed by atoms with Gasteiger partial charge < -0.3 is 15.4 Å². The average molecular weight is 326 g/mol. The fourth-order valence-corrected chi connectivity index (χ4v) is 2.63. The Balaban J connectivity index is 1.43. The number of benzene rings is 1. The minimum Gasteiger partial charge on any atom is -0.376 e. The van der Waals surface area contributed by atoms with E-state index in [0.29, 0.717) is 18.1 Å². The first kappa shape index (κ1) is 16.4. The van der Waals surface area contributed by atoms with E-state index in [1.165, 1.54) is 5.56 Å². The molecule has 1 amide bonds. The molecule has 1 unspecified atom stereocenters. The average Bonchev–Trinajstić information content (AvgIpc) is 3.15. The zero-order valence-corrected chi connectivity index (χ0v) is 13.6. The van der Waals surface area contributed by atoms with Gasteiger partial charge in [-0.05, 0) is 37.0 Å². The van der Waals surface area contributed by atoms with Crippen LogP contribution in [-0.4, -0.2) is 41.9 Å². The van der Waals surface area contributed by atoms with Crippen molar-refractivity contribution in [2.45, 2.75) is 25.4 Å². The van der Waals surface area contributed by atoms with E-state index >= 15 is 0 Å². The molecular weight excluding hydrogens is 304 g/mol. The van der Waals surface area contributed by atoms with Crippen molar-refractivity contribution in [3.05, 3.63) is 53.7 Å². The second-order valence-corrected chi connectivity index (χ2v) is 5.81. The number of rotatable bonds is 7. The number of hydrogen-bond acceptors (Lipinski definition) is 5. The molecule has 6 nitrogen and oxygen atoms in total. The summed E-state index contributed by atoms with van der Waals surface area (Å²) in [7, 11) is 0. The van der Waals surface area contributed by atoms with Crippen LogP contribution in [-0.2, 0) is 11.2 Å². The number of nitrogens with one attached hydrogen (secondary N) is 2. The highest BCUT2D eigenvalue weighted by Gasteiger charge is 2.15. The van der Waals surface area contributed by atoms with Crippen LogP contribution in [0.3, 0.4) is 0 Å². The van der Waals surface area contributed by atoms with Crippen molar-refractivity contribution >= 4 is 11.7 Å². The summed E-state index contributed by atoms with van der Waals surface area (Å²) in [6.45, 7) is 2.13. The maximum Gasteiger partial charge on any atom is 0.271 e. The van der Waals surface area contributed by atoms with E-state index in [9.17, 15) is 4.79 Å². The molecule has 1 aliphatic rings. The molecular formula is C18H22N4O2. The first-order chi connectivity index (χ1) is 11.8. The van der Waals surface area contributed by atoms with Crippen LogP contribution in [0.5, 0.6) is 0 Å². The Morgan fingerprint density at radius 3 is 2.75 bits per heavy atom. The van der Waals surface area contributed by atoms with E-state index in [2.05, 4.69) is 20.8 Å². The van der Waals surface area contributed by atoms with E-state index in [4.69, 9.17) is 4.74 Å². The van der Waals surface area contributed by atoms with Gasteiger partial charge in [-0.25, -0.2) is 0 Å². The first-order valence-electron chi connectivity index (χ1n) is 8.32. The molecule has 3 rings (SSSR count). The second-order valence-electron chi connectivity index (χ2n) is 5.81. The van der Waals surface area contributed by atoms with Crippen LogP contribution in [0.1, 0.15) is 28.9 Å². The van der Waals surface area contributed by atoms with Crippen LogP contribution in [0.15, 0.2) is 42.5 Å². The predicted octanol–water partition coefficient (Wildman–Crippen LogP) is 2.04. The van der Waals surface area contributed by atoms with Gasteiger partial charge in [0.1, 0.15) is 5.82 Å². The van der Waals surface area contributed by atoms with E-state index in [1.807, 2.05) is 30.3 Å².